The standard InChI is InChI=1S/2C8H6O4.C6H6/c2*9-7(10)5-3-1-2-4-6(5)8(11)12;1-2-4-6-5-3-1/h2*1-4H,(H,9,10)(H,11,12);1-6H. The van der Waals surface area contributed by atoms with E-state index in [1.165, 1.54) is 48.5 Å². The van der Waals surface area contributed by atoms with Crippen molar-refractivity contribution in [2.24, 2.45) is 0 Å². The van der Waals surface area contributed by atoms with Crippen LogP contribution in [0.25, 0.3) is 0 Å². The van der Waals surface area contributed by atoms with Crippen LogP contribution in [0.15, 0.2) is 84.9 Å². The topological polar surface area (TPSA) is 149 Å². The van der Waals surface area contributed by atoms with E-state index in [9.17, 15) is 19.2 Å². The van der Waals surface area contributed by atoms with Gasteiger partial charge in [0.15, 0.2) is 0 Å². The fraction of sp³-hybridized carbons (Fsp3) is 0. The highest BCUT2D eigenvalue weighted by molar-refractivity contribution is 6.02. The zero-order valence-corrected chi connectivity index (χ0v) is 15.5. The lowest BCUT2D eigenvalue weighted by atomic mass is 10.1. The Morgan fingerprint density at radius 2 is 0.533 bits per heavy atom. The Kier molecular flexibility index (Phi) is 9.50. The molecule has 3 aromatic carbocycles. The van der Waals surface area contributed by atoms with Crippen molar-refractivity contribution in [1.82, 2.24) is 0 Å². The number of rotatable bonds is 4. The summed E-state index contributed by atoms with van der Waals surface area (Å²) >= 11 is 0. The smallest absolute Gasteiger partial charge is 0.336 e. The maximum absolute atomic E-state index is 10.5. The van der Waals surface area contributed by atoms with E-state index in [4.69, 9.17) is 20.4 Å². The van der Waals surface area contributed by atoms with Crippen LogP contribution in [0.3, 0.4) is 0 Å². The third-order valence-electron chi connectivity index (χ3n) is 3.44. The van der Waals surface area contributed by atoms with Crippen molar-refractivity contribution in [3.05, 3.63) is 107 Å². The molecule has 0 aliphatic carbocycles. The Hall–Kier alpha value is -4.46. The SMILES string of the molecule is O=C(O)c1ccccc1C(=O)O.O=C(O)c1ccccc1C(=O)O.c1ccccc1. The number of benzene rings is 3. The van der Waals surface area contributed by atoms with Crippen LogP contribution >= 0.6 is 0 Å². The monoisotopic (exact) mass is 410 g/mol. The van der Waals surface area contributed by atoms with Gasteiger partial charge in [-0.3, -0.25) is 0 Å². The largest absolute Gasteiger partial charge is 0.478 e. The molecule has 4 N–H and O–H groups in total. The molecular weight excluding hydrogens is 392 g/mol. The fourth-order valence-electron chi connectivity index (χ4n) is 2.10. The lowest BCUT2D eigenvalue weighted by molar-refractivity contribution is 0.0651. The first-order valence-electron chi connectivity index (χ1n) is 8.37. The summed E-state index contributed by atoms with van der Waals surface area (Å²) in [7, 11) is 0. The second-order valence-electron chi connectivity index (χ2n) is 5.47. The van der Waals surface area contributed by atoms with Crippen LogP contribution in [0.4, 0.5) is 0 Å². The van der Waals surface area contributed by atoms with Crippen molar-refractivity contribution in [3.8, 4) is 0 Å². The molecule has 0 unspecified atom stereocenters. The minimum absolute atomic E-state index is 0.190. The van der Waals surface area contributed by atoms with Crippen molar-refractivity contribution in [1.29, 1.82) is 0 Å². The first kappa shape index (κ1) is 23.6. The average molecular weight is 410 g/mol. The molecule has 0 fully saturated rings. The molecule has 0 saturated carbocycles. The summed E-state index contributed by atoms with van der Waals surface area (Å²) < 4.78 is 0. The number of carboxylic acids is 4. The quantitative estimate of drug-likeness (QED) is 0.507. The second kappa shape index (κ2) is 12.1. The summed E-state index contributed by atoms with van der Waals surface area (Å²) in [6.45, 7) is 0. The van der Waals surface area contributed by atoms with Crippen molar-refractivity contribution in [2.45, 2.75) is 0 Å². The molecule has 3 aromatic rings. The molecule has 8 nitrogen and oxygen atoms in total. The summed E-state index contributed by atoms with van der Waals surface area (Å²) in [4.78, 5) is 41.9. The van der Waals surface area contributed by atoms with Crippen LogP contribution in [0, 0.1) is 0 Å². The van der Waals surface area contributed by atoms with Crippen LogP contribution < -0.4 is 0 Å². The van der Waals surface area contributed by atoms with Gasteiger partial charge in [0.25, 0.3) is 0 Å². The predicted octanol–water partition coefficient (Wildman–Crippen LogP) is 3.85. The number of carbonyl (C=O) groups is 4. The molecule has 0 aromatic heterocycles. The van der Waals surface area contributed by atoms with Crippen LogP contribution in [0.5, 0.6) is 0 Å². The molecule has 0 bridgehead atoms. The molecule has 0 radical (unpaired) electrons. The van der Waals surface area contributed by atoms with Gasteiger partial charge in [0.05, 0.1) is 22.3 Å². The first-order chi connectivity index (χ1) is 14.3. The highest BCUT2D eigenvalue weighted by atomic mass is 16.4. The average Bonchev–Trinajstić information content (AvgIpc) is 2.75. The number of aromatic carboxylic acids is 4. The van der Waals surface area contributed by atoms with Crippen molar-refractivity contribution < 1.29 is 39.6 Å². The van der Waals surface area contributed by atoms with Gasteiger partial charge < -0.3 is 20.4 Å². The normalized spacial score (nSPS) is 9.07. The molecule has 3 rings (SSSR count). The molecule has 0 heterocycles. The predicted molar refractivity (Wildman–Crippen MR) is 107 cm³/mol. The summed E-state index contributed by atoms with van der Waals surface area (Å²) in [5.74, 6) is -4.91. The maximum atomic E-state index is 10.5. The van der Waals surface area contributed by atoms with Gasteiger partial charge in [-0.1, -0.05) is 60.7 Å². The minimum atomic E-state index is -1.23. The van der Waals surface area contributed by atoms with Crippen molar-refractivity contribution in [3.63, 3.8) is 0 Å². The van der Waals surface area contributed by atoms with Gasteiger partial charge in [-0.15, -0.1) is 0 Å². The molecule has 8 heteroatoms. The van der Waals surface area contributed by atoms with E-state index in [2.05, 4.69) is 0 Å². The van der Waals surface area contributed by atoms with Gasteiger partial charge in [0, 0.05) is 0 Å². The van der Waals surface area contributed by atoms with E-state index >= 15 is 0 Å². The highest BCUT2D eigenvalue weighted by Crippen LogP contribution is 2.08. The summed E-state index contributed by atoms with van der Waals surface area (Å²) in [6, 6.07) is 23.0. The summed E-state index contributed by atoms with van der Waals surface area (Å²) in [6.07, 6.45) is 0. The van der Waals surface area contributed by atoms with E-state index < -0.39 is 23.9 Å². The number of carboxylic acid groups (broad SMARTS) is 4. The molecule has 154 valence electrons. The fourth-order valence-corrected chi connectivity index (χ4v) is 2.10. The molecule has 0 atom stereocenters. The van der Waals surface area contributed by atoms with Gasteiger partial charge >= 0.3 is 23.9 Å². The highest BCUT2D eigenvalue weighted by Gasteiger charge is 2.14. The van der Waals surface area contributed by atoms with Crippen LogP contribution in [-0.4, -0.2) is 44.3 Å². The Bertz CT molecular complexity index is 852. The molecular formula is C22H18O8. The molecule has 0 spiro atoms. The lowest BCUT2D eigenvalue weighted by Crippen LogP contribution is -2.06. The summed E-state index contributed by atoms with van der Waals surface area (Å²) in [5.41, 5.74) is -0.759. The number of hydrogen-bond donors (Lipinski definition) is 4. The van der Waals surface area contributed by atoms with E-state index in [1.807, 2.05) is 36.4 Å². The molecule has 0 amide bonds. The lowest BCUT2D eigenvalue weighted by Gasteiger charge is -1.98. The van der Waals surface area contributed by atoms with Gasteiger partial charge in [-0.2, -0.15) is 0 Å². The first-order valence-corrected chi connectivity index (χ1v) is 8.37. The maximum Gasteiger partial charge on any atom is 0.336 e. The number of hydrogen-bond acceptors (Lipinski definition) is 4. The molecule has 0 aliphatic heterocycles. The molecule has 0 saturated heterocycles. The minimum Gasteiger partial charge on any atom is -0.478 e. The van der Waals surface area contributed by atoms with Crippen molar-refractivity contribution >= 4 is 23.9 Å². The van der Waals surface area contributed by atoms with E-state index in [-0.39, 0.29) is 22.3 Å². The second-order valence-corrected chi connectivity index (χ2v) is 5.47. The van der Waals surface area contributed by atoms with E-state index in [0.29, 0.717) is 0 Å². The van der Waals surface area contributed by atoms with Gasteiger partial charge in [-0.05, 0) is 24.3 Å². The van der Waals surface area contributed by atoms with E-state index in [0.717, 1.165) is 0 Å². The third kappa shape index (κ3) is 7.65. The van der Waals surface area contributed by atoms with Crippen molar-refractivity contribution in [2.75, 3.05) is 0 Å². The van der Waals surface area contributed by atoms with Crippen LogP contribution in [0.2, 0.25) is 0 Å². The summed E-state index contributed by atoms with van der Waals surface area (Å²) in [5, 5.41) is 34.2. The molecule has 0 aliphatic rings. The Balaban J connectivity index is 0.000000237. The molecule has 30 heavy (non-hydrogen) atoms. The van der Waals surface area contributed by atoms with Gasteiger partial charge in [0.1, 0.15) is 0 Å². The Labute approximate surface area is 171 Å². The Morgan fingerprint density at radius 1 is 0.367 bits per heavy atom. The zero-order chi connectivity index (χ0) is 22.5. The zero-order valence-electron chi connectivity index (χ0n) is 15.5. The van der Waals surface area contributed by atoms with Crippen LogP contribution in [-0.2, 0) is 0 Å². The van der Waals surface area contributed by atoms with Gasteiger partial charge in [0.2, 0.25) is 0 Å². The Morgan fingerprint density at radius 3 is 0.667 bits per heavy atom. The van der Waals surface area contributed by atoms with Crippen LogP contribution in [0.1, 0.15) is 41.4 Å². The van der Waals surface area contributed by atoms with Gasteiger partial charge in [-0.25, -0.2) is 19.2 Å². The van der Waals surface area contributed by atoms with E-state index in [1.54, 1.807) is 0 Å². The third-order valence-corrected chi connectivity index (χ3v) is 3.44.